The standard InChI is InChI=1S/C12H22N2O3S/c1-2-6-13-9-8-18-10(12(16)17)5-3-4-7-14-11(9)15/h9-10,13H,2-8H2,1H3,(H,14,15)(H,16,17). The van der Waals surface area contributed by atoms with Crippen LogP contribution < -0.4 is 10.6 Å². The molecule has 0 radical (unpaired) electrons. The van der Waals surface area contributed by atoms with Gasteiger partial charge in [0.2, 0.25) is 5.91 Å². The molecular weight excluding hydrogens is 252 g/mol. The lowest BCUT2D eigenvalue weighted by molar-refractivity contribution is -0.136. The molecule has 6 heteroatoms. The van der Waals surface area contributed by atoms with Crippen LogP contribution >= 0.6 is 11.8 Å². The lowest BCUT2D eigenvalue weighted by Gasteiger charge is -2.21. The lowest BCUT2D eigenvalue weighted by atomic mass is 10.2. The number of hydrogen-bond donors (Lipinski definition) is 3. The van der Waals surface area contributed by atoms with Crippen molar-refractivity contribution in [3.8, 4) is 0 Å². The van der Waals surface area contributed by atoms with Crippen LogP contribution in [0, 0.1) is 0 Å². The summed E-state index contributed by atoms with van der Waals surface area (Å²) in [6, 6.07) is -0.283. The molecule has 0 bridgehead atoms. The number of aliphatic carboxylic acids is 1. The van der Waals surface area contributed by atoms with Gasteiger partial charge < -0.3 is 15.7 Å². The van der Waals surface area contributed by atoms with E-state index in [-0.39, 0.29) is 17.2 Å². The summed E-state index contributed by atoms with van der Waals surface area (Å²) in [5.74, 6) is -0.264. The summed E-state index contributed by atoms with van der Waals surface area (Å²) >= 11 is 1.37. The summed E-state index contributed by atoms with van der Waals surface area (Å²) in [5, 5.41) is 14.8. The maximum Gasteiger partial charge on any atom is 0.316 e. The maximum absolute atomic E-state index is 11.9. The fourth-order valence-electron chi connectivity index (χ4n) is 1.83. The van der Waals surface area contributed by atoms with Crippen LogP contribution in [0.2, 0.25) is 0 Å². The Labute approximate surface area is 112 Å². The fraction of sp³-hybridized carbons (Fsp3) is 0.833. The first-order valence-electron chi connectivity index (χ1n) is 6.50. The largest absolute Gasteiger partial charge is 0.480 e. The van der Waals surface area contributed by atoms with E-state index in [0.717, 1.165) is 25.8 Å². The van der Waals surface area contributed by atoms with Crippen LogP contribution in [-0.2, 0) is 9.59 Å². The summed E-state index contributed by atoms with van der Waals surface area (Å²) in [5.41, 5.74) is 0. The van der Waals surface area contributed by atoms with E-state index in [1.54, 1.807) is 0 Å². The number of carbonyl (C=O) groups is 2. The quantitative estimate of drug-likeness (QED) is 0.708. The van der Waals surface area contributed by atoms with Gasteiger partial charge in [0, 0.05) is 12.3 Å². The molecule has 104 valence electrons. The Hall–Kier alpha value is -0.750. The monoisotopic (exact) mass is 274 g/mol. The SMILES string of the molecule is CCCNC1CSC(C(=O)O)CCCCNC1=O. The molecule has 18 heavy (non-hydrogen) atoms. The first kappa shape index (κ1) is 15.3. The molecule has 0 aromatic carbocycles. The van der Waals surface area contributed by atoms with Crippen molar-refractivity contribution in [2.24, 2.45) is 0 Å². The second-order valence-corrected chi connectivity index (χ2v) is 5.69. The van der Waals surface area contributed by atoms with Crippen molar-refractivity contribution in [3.05, 3.63) is 0 Å². The highest BCUT2D eigenvalue weighted by atomic mass is 32.2. The molecule has 1 fully saturated rings. The van der Waals surface area contributed by atoms with E-state index in [4.69, 9.17) is 5.11 Å². The average molecular weight is 274 g/mol. The van der Waals surface area contributed by atoms with E-state index in [0.29, 0.717) is 18.7 Å². The third-order valence-electron chi connectivity index (χ3n) is 2.89. The predicted molar refractivity (Wildman–Crippen MR) is 72.8 cm³/mol. The first-order valence-corrected chi connectivity index (χ1v) is 7.55. The van der Waals surface area contributed by atoms with Gasteiger partial charge in [-0.25, -0.2) is 0 Å². The molecule has 1 amide bonds. The summed E-state index contributed by atoms with van der Waals surface area (Å²) in [7, 11) is 0. The molecule has 0 aromatic heterocycles. The minimum absolute atomic E-state index is 0.0120. The third-order valence-corrected chi connectivity index (χ3v) is 4.25. The molecule has 1 saturated heterocycles. The van der Waals surface area contributed by atoms with Gasteiger partial charge in [-0.2, -0.15) is 0 Å². The zero-order chi connectivity index (χ0) is 13.4. The van der Waals surface area contributed by atoms with Gasteiger partial charge in [0.1, 0.15) is 5.25 Å². The van der Waals surface area contributed by atoms with Gasteiger partial charge in [0.05, 0.1) is 6.04 Å². The van der Waals surface area contributed by atoms with Gasteiger partial charge in [0.25, 0.3) is 0 Å². The van der Waals surface area contributed by atoms with Crippen molar-refractivity contribution in [2.45, 2.75) is 43.9 Å². The minimum Gasteiger partial charge on any atom is -0.480 e. The predicted octanol–water partition coefficient (Wildman–Crippen LogP) is 0.841. The second-order valence-electron chi connectivity index (χ2n) is 4.45. The summed E-state index contributed by atoms with van der Waals surface area (Å²) < 4.78 is 0. The normalized spacial score (nSPS) is 26.4. The number of carboxylic acid groups (broad SMARTS) is 1. The van der Waals surface area contributed by atoms with Crippen LogP contribution in [0.15, 0.2) is 0 Å². The van der Waals surface area contributed by atoms with E-state index >= 15 is 0 Å². The zero-order valence-electron chi connectivity index (χ0n) is 10.8. The summed E-state index contributed by atoms with van der Waals surface area (Å²) in [4.78, 5) is 23.0. The Balaban J connectivity index is 2.57. The van der Waals surface area contributed by atoms with E-state index in [1.165, 1.54) is 11.8 Å². The number of carbonyl (C=O) groups excluding carboxylic acids is 1. The van der Waals surface area contributed by atoms with Gasteiger partial charge in [-0.15, -0.1) is 11.8 Å². The van der Waals surface area contributed by atoms with Crippen LogP contribution in [0.4, 0.5) is 0 Å². The molecule has 1 aliphatic heterocycles. The lowest BCUT2D eigenvalue weighted by Crippen LogP contribution is -2.47. The summed E-state index contributed by atoms with van der Waals surface area (Å²) in [6.07, 6.45) is 3.32. The number of thioether (sulfide) groups is 1. The highest BCUT2D eigenvalue weighted by Crippen LogP contribution is 2.19. The van der Waals surface area contributed by atoms with Crippen molar-refractivity contribution < 1.29 is 14.7 Å². The van der Waals surface area contributed by atoms with Crippen LogP contribution in [0.3, 0.4) is 0 Å². The van der Waals surface area contributed by atoms with E-state index < -0.39 is 5.97 Å². The van der Waals surface area contributed by atoms with Crippen molar-refractivity contribution in [2.75, 3.05) is 18.8 Å². The molecule has 0 aromatic rings. The Morgan fingerprint density at radius 2 is 2.33 bits per heavy atom. The Morgan fingerprint density at radius 1 is 1.56 bits per heavy atom. The number of carboxylic acids is 1. The fourth-order valence-corrected chi connectivity index (χ4v) is 3.00. The molecule has 0 aliphatic carbocycles. The van der Waals surface area contributed by atoms with Gasteiger partial charge >= 0.3 is 5.97 Å². The molecular formula is C12H22N2O3S. The van der Waals surface area contributed by atoms with Crippen LogP contribution in [-0.4, -0.2) is 47.1 Å². The van der Waals surface area contributed by atoms with Crippen molar-refractivity contribution in [3.63, 3.8) is 0 Å². The number of hydrogen-bond acceptors (Lipinski definition) is 4. The topological polar surface area (TPSA) is 78.4 Å². The van der Waals surface area contributed by atoms with Crippen molar-refractivity contribution >= 4 is 23.6 Å². The molecule has 2 unspecified atom stereocenters. The third kappa shape index (κ3) is 5.27. The van der Waals surface area contributed by atoms with Gasteiger partial charge in [-0.3, -0.25) is 9.59 Å². The molecule has 0 spiro atoms. The first-order chi connectivity index (χ1) is 8.65. The highest BCUT2D eigenvalue weighted by molar-refractivity contribution is 8.00. The van der Waals surface area contributed by atoms with Gasteiger partial charge in [-0.05, 0) is 25.8 Å². The Kier molecular flexibility index (Phi) is 7.12. The molecule has 2 atom stereocenters. The Bertz CT molecular complexity index is 286. The number of rotatable bonds is 4. The van der Waals surface area contributed by atoms with Crippen LogP contribution in [0.1, 0.15) is 32.6 Å². The van der Waals surface area contributed by atoms with E-state index in [1.807, 2.05) is 6.92 Å². The van der Waals surface area contributed by atoms with Crippen molar-refractivity contribution in [1.29, 1.82) is 0 Å². The molecule has 0 saturated carbocycles. The zero-order valence-corrected chi connectivity index (χ0v) is 11.6. The molecule has 1 aliphatic rings. The molecule has 1 rings (SSSR count). The summed E-state index contributed by atoms with van der Waals surface area (Å²) in [6.45, 7) is 3.45. The van der Waals surface area contributed by atoms with E-state index in [9.17, 15) is 9.59 Å². The van der Waals surface area contributed by atoms with Crippen LogP contribution in [0.5, 0.6) is 0 Å². The highest BCUT2D eigenvalue weighted by Gasteiger charge is 2.24. The maximum atomic E-state index is 11.9. The minimum atomic E-state index is -0.768. The van der Waals surface area contributed by atoms with Crippen LogP contribution in [0.25, 0.3) is 0 Å². The molecule has 1 heterocycles. The number of nitrogens with one attached hydrogen (secondary N) is 2. The molecule has 3 N–H and O–H groups in total. The van der Waals surface area contributed by atoms with Gasteiger partial charge in [0.15, 0.2) is 0 Å². The number of amides is 1. The van der Waals surface area contributed by atoms with Gasteiger partial charge in [-0.1, -0.05) is 13.3 Å². The average Bonchev–Trinajstić information content (AvgIpc) is 2.35. The smallest absolute Gasteiger partial charge is 0.316 e. The second kappa shape index (κ2) is 8.37. The molecule has 5 nitrogen and oxygen atoms in total. The van der Waals surface area contributed by atoms with E-state index in [2.05, 4.69) is 10.6 Å². The Morgan fingerprint density at radius 3 is 3.00 bits per heavy atom. The van der Waals surface area contributed by atoms with Crippen molar-refractivity contribution in [1.82, 2.24) is 10.6 Å².